The molecule has 8 heteroatoms. The minimum atomic E-state index is -4.79. The molecular weight excluding hydrogens is 390 g/mol. The van der Waals surface area contributed by atoms with Crippen LogP contribution in [0.15, 0.2) is 36.5 Å². The number of benzene rings is 1. The van der Waals surface area contributed by atoms with Gasteiger partial charge in [0.1, 0.15) is 11.4 Å². The van der Waals surface area contributed by atoms with Crippen molar-refractivity contribution in [2.45, 2.75) is 6.36 Å². The van der Waals surface area contributed by atoms with E-state index in [2.05, 4.69) is 4.74 Å². The average Bonchev–Trinajstić information content (AvgIpc) is 2.69. The van der Waals surface area contributed by atoms with E-state index in [-0.39, 0.29) is 11.4 Å². The maximum atomic E-state index is 12.2. The number of aromatic nitrogens is 1. The number of carboxylic acids is 1. The largest absolute Gasteiger partial charge is 0.573 e. The van der Waals surface area contributed by atoms with Gasteiger partial charge >= 0.3 is 12.3 Å². The van der Waals surface area contributed by atoms with E-state index in [1.165, 1.54) is 29.0 Å². The number of rotatable bonds is 3. The summed E-state index contributed by atoms with van der Waals surface area (Å²) in [5.74, 6) is -1.58. The predicted molar refractivity (Wildman–Crippen MR) is 72.1 cm³/mol. The number of ether oxygens (including phenoxy) is 1. The van der Waals surface area contributed by atoms with E-state index in [9.17, 15) is 18.0 Å². The van der Waals surface area contributed by atoms with E-state index in [0.717, 1.165) is 12.1 Å². The maximum absolute atomic E-state index is 12.2. The van der Waals surface area contributed by atoms with Crippen molar-refractivity contribution in [2.24, 2.45) is 0 Å². The number of nitrogens with zero attached hydrogens (tertiary/aromatic N) is 1. The maximum Gasteiger partial charge on any atom is 0.573 e. The highest BCUT2D eigenvalue weighted by Gasteiger charge is 2.31. The first-order valence-electron chi connectivity index (χ1n) is 5.23. The smallest absolute Gasteiger partial charge is 0.477 e. The topological polar surface area (TPSA) is 51.5 Å². The molecule has 0 fully saturated rings. The Morgan fingerprint density at radius 3 is 2.60 bits per heavy atom. The van der Waals surface area contributed by atoms with Gasteiger partial charge in [-0.2, -0.15) is 0 Å². The highest BCUT2D eigenvalue weighted by atomic mass is 127. The van der Waals surface area contributed by atoms with Gasteiger partial charge in [0, 0.05) is 21.5 Å². The molecule has 4 nitrogen and oxygen atoms in total. The highest BCUT2D eigenvalue weighted by molar-refractivity contribution is 14.1. The Balaban J connectivity index is 2.43. The van der Waals surface area contributed by atoms with Gasteiger partial charge in [-0.05, 0) is 40.8 Å². The van der Waals surface area contributed by atoms with Gasteiger partial charge in [-0.15, -0.1) is 13.2 Å². The van der Waals surface area contributed by atoms with Crippen molar-refractivity contribution in [1.82, 2.24) is 4.57 Å². The second kappa shape index (κ2) is 5.35. The zero-order valence-corrected chi connectivity index (χ0v) is 11.8. The number of hydrogen-bond donors (Lipinski definition) is 1. The molecule has 0 saturated heterocycles. The fraction of sp³-hybridized carbons (Fsp3) is 0.0833. The molecule has 2 aromatic rings. The van der Waals surface area contributed by atoms with Crippen LogP contribution < -0.4 is 4.74 Å². The van der Waals surface area contributed by atoms with Crippen LogP contribution in [0.5, 0.6) is 5.75 Å². The molecule has 2 rings (SSSR count). The first kappa shape index (κ1) is 14.7. The van der Waals surface area contributed by atoms with E-state index in [1.807, 2.05) is 22.6 Å². The Hall–Kier alpha value is -1.71. The van der Waals surface area contributed by atoms with Crippen molar-refractivity contribution >= 4 is 28.6 Å². The zero-order chi connectivity index (χ0) is 14.9. The fourth-order valence-electron chi connectivity index (χ4n) is 1.64. The second-order valence-electron chi connectivity index (χ2n) is 3.76. The summed E-state index contributed by atoms with van der Waals surface area (Å²) in [4.78, 5) is 11.1. The van der Waals surface area contributed by atoms with E-state index in [4.69, 9.17) is 5.11 Å². The molecule has 20 heavy (non-hydrogen) atoms. The summed E-state index contributed by atoms with van der Waals surface area (Å²) >= 11 is 1.92. The van der Waals surface area contributed by atoms with Crippen molar-refractivity contribution in [2.75, 3.05) is 0 Å². The number of carbonyl (C=O) groups is 1. The normalized spacial score (nSPS) is 11.4. The molecule has 1 heterocycles. The summed E-state index contributed by atoms with van der Waals surface area (Å²) in [6.45, 7) is 0. The summed E-state index contributed by atoms with van der Waals surface area (Å²) in [6, 6.07) is 6.53. The van der Waals surface area contributed by atoms with Gasteiger partial charge in [0.15, 0.2) is 0 Å². The molecule has 0 aliphatic rings. The lowest BCUT2D eigenvalue weighted by atomic mass is 10.3. The molecule has 0 atom stereocenters. The molecule has 0 unspecified atom stereocenters. The van der Waals surface area contributed by atoms with Crippen molar-refractivity contribution in [3.05, 3.63) is 45.8 Å². The summed E-state index contributed by atoms with van der Waals surface area (Å²) < 4.78 is 42.2. The lowest BCUT2D eigenvalue weighted by molar-refractivity contribution is -0.274. The van der Waals surface area contributed by atoms with Crippen LogP contribution in [0.1, 0.15) is 10.5 Å². The molecule has 0 spiro atoms. The summed E-state index contributed by atoms with van der Waals surface area (Å²) in [5.41, 5.74) is 0.227. The Bertz CT molecular complexity index is 652. The number of hydrogen-bond acceptors (Lipinski definition) is 2. The minimum Gasteiger partial charge on any atom is -0.477 e. The molecule has 0 saturated carbocycles. The van der Waals surface area contributed by atoms with Crippen LogP contribution in [-0.2, 0) is 0 Å². The van der Waals surface area contributed by atoms with Crippen LogP contribution in [0, 0.1) is 3.57 Å². The number of carboxylic acid groups (broad SMARTS) is 1. The number of aromatic carboxylic acids is 1. The van der Waals surface area contributed by atoms with Crippen LogP contribution in [0.4, 0.5) is 13.2 Å². The van der Waals surface area contributed by atoms with E-state index < -0.39 is 18.1 Å². The summed E-state index contributed by atoms with van der Waals surface area (Å²) in [6.07, 6.45) is -3.28. The van der Waals surface area contributed by atoms with Gasteiger partial charge in [0.2, 0.25) is 0 Å². The van der Waals surface area contributed by atoms with Crippen LogP contribution >= 0.6 is 22.6 Å². The third-order valence-corrected chi connectivity index (χ3v) is 2.93. The molecule has 0 radical (unpaired) electrons. The van der Waals surface area contributed by atoms with Crippen molar-refractivity contribution in [3.63, 3.8) is 0 Å². The lowest BCUT2D eigenvalue weighted by Gasteiger charge is -2.11. The standard InChI is InChI=1S/C12H7F3INO3/c13-12(14,15)20-9-3-1-2-8(5-9)17-6-7(16)4-10(17)11(18)19/h1-6H,(H,18,19). The first-order valence-corrected chi connectivity index (χ1v) is 6.31. The SMILES string of the molecule is O=C(O)c1cc(I)cn1-c1cccc(OC(F)(F)F)c1. The lowest BCUT2D eigenvalue weighted by Crippen LogP contribution is -2.17. The quantitative estimate of drug-likeness (QED) is 0.805. The zero-order valence-electron chi connectivity index (χ0n) is 9.69. The third kappa shape index (κ3) is 3.44. The predicted octanol–water partition coefficient (Wildman–Crippen LogP) is 3.68. The molecule has 0 bridgehead atoms. The molecule has 0 aliphatic carbocycles. The second-order valence-corrected chi connectivity index (χ2v) is 5.01. The average molecular weight is 397 g/mol. The van der Waals surface area contributed by atoms with Crippen LogP contribution in [0.2, 0.25) is 0 Å². The molecule has 0 amide bonds. The van der Waals surface area contributed by atoms with Crippen LogP contribution in [0.25, 0.3) is 5.69 Å². The first-order chi connectivity index (χ1) is 9.26. The van der Waals surface area contributed by atoms with E-state index >= 15 is 0 Å². The molecular formula is C12H7F3INO3. The van der Waals surface area contributed by atoms with E-state index in [0.29, 0.717) is 3.57 Å². The Morgan fingerprint density at radius 2 is 2.00 bits per heavy atom. The number of halogens is 4. The van der Waals surface area contributed by atoms with Crippen molar-refractivity contribution < 1.29 is 27.8 Å². The van der Waals surface area contributed by atoms with Crippen LogP contribution in [-0.4, -0.2) is 22.0 Å². The van der Waals surface area contributed by atoms with Crippen molar-refractivity contribution in [3.8, 4) is 11.4 Å². The Labute approximate surface area is 124 Å². The number of alkyl halides is 3. The molecule has 1 aromatic carbocycles. The monoisotopic (exact) mass is 397 g/mol. The fourth-order valence-corrected chi connectivity index (χ4v) is 2.21. The highest BCUT2D eigenvalue weighted by Crippen LogP contribution is 2.26. The van der Waals surface area contributed by atoms with Gasteiger partial charge in [-0.25, -0.2) is 4.79 Å². The van der Waals surface area contributed by atoms with E-state index in [1.54, 1.807) is 0 Å². The van der Waals surface area contributed by atoms with Crippen molar-refractivity contribution in [1.29, 1.82) is 0 Å². The third-order valence-electron chi connectivity index (χ3n) is 2.34. The Morgan fingerprint density at radius 1 is 1.30 bits per heavy atom. The van der Waals surface area contributed by atoms with Gasteiger partial charge < -0.3 is 14.4 Å². The minimum absolute atomic E-state index is 0.0430. The molecule has 1 aromatic heterocycles. The molecule has 0 aliphatic heterocycles. The van der Waals surface area contributed by atoms with Gasteiger partial charge in [-0.1, -0.05) is 6.07 Å². The summed E-state index contributed by atoms with van der Waals surface area (Å²) in [5, 5.41) is 9.06. The van der Waals surface area contributed by atoms with Gasteiger partial charge in [-0.3, -0.25) is 0 Å². The summed E-state index contributed by atoms with van der Waals surface area (Å²) in [7, 11) is 0. The van der Waals surface area contributed by atoms with Gasteiger partial charge in [0.25, 0.3) is 0 Å². The van der Waals surface area contributed by atoms with Gasteiger partial charge in [0.05, 0.1) is 0 Å². The van der Waals surface area contributed by atoms with Crippen LogP contribution in [0.3, 0.4) is 0 Å². The molecule has 106 valence electrons. The Kier molecular flexibility index (Phi) is 3.93. The molecule has 1 N–H and O–H groups in total.